The summed E-state index contributed by atoms with van der Waals surface area (Å²) in [5, 5.41) is 4.34. The summed E-state index contributed by atoms with van der Waals surface area (Å²) in [4.78, 5) is 29.5. The maximum absolute atomic E-state index is 12.0. The fourth-order valence-corrected chi connectivity index (χ4v) is 2.33. The second-order valence-electron chi connectivity index (χ2n) is 4.94. The molecular formula is C16H15N3O2. The van der Waals surface area contributed by atoms with E-state index >= 15 is 0 Å². The van der Waals surface area contributed by atoms with Crippen molar-refractivity contribution in [3.05, 3.63) is 69.9 Å². The minimum Gasteiger partial charge on any atom is -0.364 e. The molecule has 0 bridgehead atoms. The SMILES string of the molecule is Cc1cc(C(=O)NCc2c[nH]c(=O)c3ccccc23)c[nH]1. The number of carbonyl (C=O) groups excluding carboxylic acids is 1. The number of carbonyl (C=O) groups is 1. The van der Waals surface area contributed by atoms with Crippen LogP contribution in [0.25, 0.3) is 10.8 Å². The third-order valence-electron chi connectivity index (χ3n) is 3.42. The van der Waals surface area contributed by atoms with Gasteiger partial charge >= 0.3 is 0 Å². The monoisotopic (exact) mass is 281 g/mol. The van der Waals surface area contributed by atoms with Gasteiger partial charge in [0.1, 0.15) is 0 Å². The molecule has 0 saturated heterocycles. The zero-order chi connectivity index (χ0) is 14.8. The highest BCUT2D eigenvalue weighted by Crippen LogP contribution is 2.14. The predicted molar refractivity (Wildman–Crippen MR) is 81.3 cm³/mol. The number of amides is 1. The first kappa shape index (κ1) is 13.2. The smallest absolute Gasteiger partial charge is 0.255 e. The van der Waals surface area contributed by atoms with Crippen LogP contribution in [0.5, 0.6) is 0 Å². The van der Waals surface area contributed by atoms with Crippen LogP contribution in [0.3, 0.4) is 0 Å². The molecule has 2 aromatic heterocycles. The highest BCUT2D eigenvalue weighted by Gasteiger charge is 2.09. The number of hydrogen-bond donors (Lipinski definition) is 3. The Hall–Kier alpha value is -2.82. The van der Waals surface area contributed by atoms with Gasteiger partial charge in [0.05, 0.1) is 5.56 Å². The summed E-state index contributed by atoms with van der Waals surface area (Å²) in [7, 11) is 0. The normalized spacial score (nSPS) is 10.7. The second-order valence-corrected chi connectivity index (χ2v) is 4.94. The molecule has 5 nitrogen and oxygen atoms in total. The van der Waals surface area contributed by atoms with Crippen molar-refractivity contribution < 1.29 is 4.79 Å². The highest BCUT2D eigenvalue weighted by molar-refractivity contribution is 5.94. The van der Waals surface area contributed by atoms with Crippen molar-refractivity contribution in [3.8, 4) is 0 Å². The number of benzene rings is 1. The van der Waals surface area contributed by atoms with E-state index in [0.717, 1.165) is 16.6 Å². The van der Waals surface area contributed by atoms with Gasteiger partial charge in [0.2, 0.25) is 0 Å². The third-order valence-corrected chi connectivity index (χ3v) is 3.42. The van der Waals surface area contributed by atoms with Crippen LogP contribution >= 0.6 is 0 Å². The number of aryl methyl sites for hydroxylation is 1. The van der Waals surface area contributed by atoms with Crippen molar-refractivity contribution in [1.82, 2.24) is 15.3 Å². The highest BCUT2D eigenvalue weighted by atomic mass is 16.1. The minimum atomic E-state index is -0.144. The van der Waals surface area contributed by atoms with Gasteiger partial charge in [-0.1, -0.05) is 18.2 Å². The van der Waals surface area contributed by atoms with Gasteiger partial charge in [-0.25, -0.2) is 0 Å². The zero-order valence-corrected chi connectivity index (χ0v) is 11.6. The van der Waals surface area contributed by atoms with Crippen LogP contribution in [0.2, 0.25) is 0 Å². The fourth-order valence-electron chi connectivity index (χ4n) is 2.33. The van der Waals surface area contributed by atoms with Gasteiger partial charge in [0.25, 0.3) is 11.5 Å². The molecular weight excluding hydrogens is 266 g/mol. The number of aromatic nitrogens is 2. The van der Waals surface area contributed by atoms with Crippen LogP contribution in [0.15, 0.2) is 47.5 Å². The number of hydrogen-bond acceptors (Lipinski definition) is 2. The maximum atomic E-state index is 12.0. The average molecular weight is 281 g/mol. The molecule has 0 radical (unpaired) electrons. The quantitative estimate of drug-likeness (QED) is 0.687. The first-order chi connectivity index (χ1) is 10.1. The molecule has 0 atom stereocenters. The van der Waals surface area contributed by atoms with Crippen molar-refractivity contribution in [2.75, 3.05) is 0 Å². The van der Waals surface area contributed by atoms with Crippen LogP contribution in [-0.4, -0.2) is 15.9 Å². The summed E-state index contributed by atoms with van der Waals surface area (Å²) in [6.45, 7) is 2.26. The number of nitrogens with one attached hydrogen (secondary N) is 3. The maximum Gasteiger partial charge on any atom is 0.255 e. The molecule has 1 aromatic carbocycles. The Bertz CT molecular complexity index is 861. The molecule has 5 heteroatoms. The topological polar surface area (TPSA) is 77.8 Å². The summed E-state index contributed by atoms with van der Waals surface area (Å²) >= 11 is 0. The van der Waals surface area contributed by atoms with Crippen LogP contribution in [-0.2, 0) is 6.54 Å². The van der Waals surface area contributed by atoms with Crippen molar-refractivity contribution in [2.45, 2.75) is 13.5 Å². The van der Waals surface area contributed by atoms with Gasteiger partial charge in [0.15, 0.2) is 0 Å². The van der Waals surface area contributed by atoms with E-state index in [1.807, 2.05) is 25.1 Å². The molecule has 0 aliphatic heterocycles. The van der Waals surface area contributed by atoms with Crippen LogP contribution in [0.1, 0.15) is 21.6 Å². The van der Waals surface area contributed by atoms with E-state index in [-0.39, 0.29) is 11.5 Å². The number of pyridine rings is 1. The van der Waals surface area contributed by atoms with Crippen LogP contribution in [0.4, 0.5) is 0 Å². The molecule has 3 rings (SSSR count). The summed E-state index contributed by atoms with van der Waals surface area (Å²) in [6, 6.07) is 9.15. The molecule has 1 amide bonds. The molecule has 21 heavy (non-hydrogen) atoms. The van der Waals surface area contributed by atoms with E-state index in [2.05, 4.69) is 15.3 Å². The van der Waals surface area contributed by atoms with Gasteiger partial charge in [-0.3, -0.25) is 9.59 Å². The van der Waals surface area contributed by atoms with E-state index < -0.39 is 0 Å². The standard InChI is InChI=1S/C16H15N3O2/c1-10-6-11(7-17-10)15(20)18-8-12-9-19-16(21)14-5-3-2-4-13(12)14/h2-7,9,17H,8H2,1H3,(H,18,20)(H,19,21). The average Bonchev–Trinajstić information content (AvgIpc) is 2.93. The van der Waals surface area contributed by atoms with Crippen molar-refractivity contribution in [3.63, 3.8) is 0 Å². The Labute approximate surface area is 121 Å². The number of fused-ring (bicyclic) bond motifs is 1. The van der Waals surface area contributed by atoms with Gasteiger partial charge in [-0.2, -0.15) is 0 Å². The van der Waals surface area contributed by atoms with Gasteiger partial charge in [0, 0.05) is 30.0 Å². The molecule has 0 aliphatic carbocycles. The summed E-state index contributed by atoms with van der Waals surface area (Å²) in [5.74, 6) is -0.144. The number of H-pyrrole nitrogens is 2. The van der Waals surface area contributed by atoms with Gasteiger partial charge < -0.3 is 15.3 Å². The lowest BCUT2D eigenvalue weighted by Crippen LogP contribution is -2.23. The van der Waals surface area contributed by atoms with E-state index in [0.29, 0.717) is 17.5 Å². The molecule has 0 spiro atoms. The molecule has 2 heterocycles. The molecule has 3 aromatic rings. The molecule has 106 valence electrons. The summed E-state index contributed by atoms with van der Waals surface area (Å²) in [6.07, 6.45) is 3.32. The predicted octanol–water partition coefficient (Wildman–Crippen LogP) is 2.09. The third kappa shape index (κ3) is 2.58. The number of rotatable bonds is 3. The van der Waals surface area contributed by atoms with E-state index in [4.69, 9.17) is 0 Å². The van der Waals surface area contributed by atoms with E-state index in [1.54, 1.807) is 24.5 Å². The number of aromatic amines is 2. The van der Waals surface area contributed by atoms with Gasteiger partial charge in [-0.15, -0.1) is 0 Å². The Morgan fingerprint density at radius 3 is 2.62 bits per heavy atom. The van der Waals surface area contributed by atoms with E-state index in [9.17, 15) is 9.59 Å². The Morgan fingerprint density at radius 1 is 1.14 bits per heavy atom. The summed E-state index contributed by atoms with van der Waals surface area (Å²) < 4.78 is 0. The first-order valence-corrected chi connectivity index (χ1v) is 6.67. The first-order valence-electron chi connectivity index (χ1n) is 6.67. The second kappa shape index (κ2) is 5.28. The van der Waals surface area contributed by atoms with Gasteiger partial charge in [-0.05, 0) is 30.0 Å². The lowest BCUT2D eigenvalue weighted by Gasteiger charge is -2.07. The Balaban J connectivity index is 1.84. The van der Waals surface area contributed by atoms with E-state index in [1.165, 1.54) is 0 Å². The van der Waals surface area contributed by atoms with Crippen molar-refractivity contribution in [1.29, 1.82) is 0 Å². The molecule has 0 unspecified atom stereocenters. The Kier molecular flexibility index (Phi) is 3.31. The molecule has 0 fully saturated rings. The molecule has 0 aliphatic rings. The lowest BCUT2D eigenvalue weighted by molar-refractivity contribution is 0.0951. The van der Waals surface area contributed by atoms with Crippen LogP contribution < -0.4 is 10.9 Å². The largest absolute Gasteiger partial charge is 0.364 e. The Morgan fingerprint density at radius 2 is 1.90 bits per heavy atom. The summed E-state index contributed by atoms with van der Waals surface area (Å²) in [5.41, 5.74) is 2.30. The van der Waals surface area contributed by atoms with Crippen LogP contribution in [0, 0.1) is 6.92 Å². The van der Waals surface area contributed by atoms with Crippen molar-refractivity contribution in [2.24, 2.45) is 0 Å². The lowest BCUT2D eigenvalue weighted by atomic mass is 10.1. The zero-order valence-electron chi connectivity index (χ0n) is 11.6. The van der Waals surface area contributed by atoms with Crippen molar-refractivity contribution >= 4 is 16.7 Å². The molecule has 3 N–H and O–H groups in total. The fraction of sp³-hybridized carbons (Fsp3) is 0.125. The molecule has 0 saturated carbocycles. The minimum absolute atomic E-state index is 0.123.